The standard InChI is InChI=1S/C21H23BrN2O3S/c22-19-8-4-7-18(15-19)21(9-10-21)20(25)23-11-13-24(14-12-23)28(26,27)16-17-5-2-1-3-6-17/h1-8,15H,9-14,16H2. The van der Waals surface area contributed by atoms with Crippen molar-refractivity contribution < 1.29 is 13.2 Å². The fraction of sp³-hybridized carbons (Fsp3) is 0.381. The molecule has 1 saturated heterocycles. The number of benzene rings is 2. The van der Waals surface area contributed by atoms with Crippen LogP contribution >= 0.6 is 15.9 Å². The van der Waals surface area contributed by atoms with Gasteiger partial charge in [-0.25, -0.2) is 8.42 Å². The van der Waals surface area contributed by atoms with Crippen molar-refractivity contribution in [3.8, 4) is 0 Å². The van der Waals surface area contributed by atoms with Gasteiger partial charge in [-0.15, -0.1) is 0 Å². The summed E-state index contributed by atoms with van der Waals surface area (Å²) < 4.78 is 27.9. The molecule has 0 bridgehead atoms. The molecule has 1 aliphatic carbocycles. The minimum absolute atomic E-state index is 0.00374. The van der Waals surface area contributed by atoms with E-state index in [1.807, 2.05) is 59.5 Å². The van der Waals surface area contributed by atoms with Gasteiger partial charge in [0.25, 0.3) is 0 Å². The van der Waals surface area contributed by atoms with E-state index in [0.717, 1.165) is 28.4 Å². The van der Waals surface area contributed by atoms with Crippen LogP contribution in [0.4, 0.5) is 0 Å². The summed E-state index contributed by atoms with van der Waals surface area (Å²) in [5.41, 5.74) is 1.41. The molecule has 0 radical (unpaired) electrons. The van der Waals surface area contributed by atoms with Gasteiger partial charge in [0.2, 0.25) is 15.9 Å². The number of carbonyl (C=O) groups is 1. The molecule has 0 atom stereocenters. The Kier molecular flexibility index (Phi) is 5.33. The first kappa shape index (κ1) is 19.6. The zero-order chi connectivity index (χ0) is 19.8. The lowest BCUT2D eigenvalue weighted by Gasteiger charge is -2.36. The molecular formula is C21H23BrN2O3S. The highest BCUT2D eigenvalue weighted by molar-refractivity contribution is 9.10. The van der Waals surface area contributed by atoms with Crippen molar-refractivity contribution >= 4 is 31.9 Å². The van der Waals surface area contributed by atoms with Crippen molar-refractivity contribution in [2.45, 2.75) is 24.0 Å². The van der Waals surface area contributed by atoms with E-state index in [4.69, 9.17) is 0 Å². The highest BCUT2D eigenvalue weighted by Gasteiger charge is 2.53. The predicted molar refractivity (Wildman–Crippen MR) is 112 cm³/mol. The largest absolute Gasteiger partial charge is 0.339 e. The minimum Gasteiger partial charge on any atom is -0.339 e. The van der Waals surface area contributed by atoms with E-state index in [0.29, 0.717) is 26.2 Å². The zero-order valence-electron chi connectivity index (χ0n) is 15.6. The molecule has 28 heavy (non-hydrogen) atoms. The van der Waals surface area contributed by atoms with Crippen LogP contribution in [0.15, 0.2) is 59.1 Å². The Morgan fingerprint density at radius 2 is 1.64 bits per heavy atom. The van der Waals surface area contributed by atoms with Gasteiger partial charge in [0.15, 0.2) is 0 Å². The summed E-state index contributed by atoms with van der Waals surface area (Å²) in [6.45, 7) is 1.61. The molecule has 5 nitrogen and oxygen atoms in total. The molecule has 148 valence electrons. The molecule has 1 amide bonds. The average molecular weight is 463 g/mol. The fourth-order valence-electron chi connectivity index (χ4n) is 3.89. The third kappa shape index (κ3) is 3.88. The summed E-state index contributed by atoms with van der Waals surface area (Å²) in [6, 6.07) is 17.2. The molecule has 2 fully saturated rings. The summed E-state index contributed by atoms with van der Waals surface area (Å²) in [5.74, 6) is 0.134. The molecule has 1 aliphatic heterocycles. The monoisotopic (exact) mass is 462 g/mol. The van der Waals surface area contributed by atoms with Crippen LogP contribution in [0.2, 0.25) is 0 Å². The maximum absolute atomic E-state index is 13.2. The molecule has 1 heterocycles. The van der Waals surface area contributed by atoms with E-state index in [1.54, 1.807) is 0 Å². The van der Waals surface area contributed by atoms with E-state index >= 15 is 0 Å². The second-order valence-corrected chi connectivity index (χ2v) is 10.4. The second-order valence-electron chi connectivity index (χ2n) is 7.53. The number of rotatable bonds is 5. The summed E-state index contributed by atoms with van der Waals surface area (Å²) in [4.78, 5) is 15.0. The first-order chi connectivity index (χ1) is 13.4. The number of halogens is 1. The fourth-order valence-corrected chi connectivity index (χ4v) is 5.80. The van der Waals surface area contributed by atoms with Gasteiger partial charge in [-0.3, -0.25) is 4.79 Å². The van der Waals surface area contributed by atoms with E-state index in [9.17, 15) is 13.2 Å². The predicted octanol–water partition coefficient (Wildman–Crippen LogP) is 3.15. The molecule has 0 unspecified atom stereocenters. The zero-order valence-corrected chi connectivity index (χ0v) is 18.0. The van der Waals surface area contributed by atoms with Crippen LogP contribution in [0.3, 0.4) is 0 Å². The van der Waals surface area contributed by atoms with Crippen LogP contribution in [0, 0.1) is 0 Å². The van der Waals surface area contributed by atoms with Crippen LogP contribution in [0.1, 0.15) is 24.0 Å². The van der Waals surface area contributed by atoms with Crippen molar-refractivity contribution in [1.29, 1.82) is 0 Å². The topological polar surface area (TPSA) is 57.7 Å². The normalized spacial score (nSPS) is 19.4. The van der Waals surface area contributed by atoms with E-state index in [1.165, 1.54) is 4.31 Å². The number of hydrogen-bond acceptors (Lipinski definition) is 3. The Labute approximate surface area is 174 Å². The van der Waals surface area contributed by atoms with Gasteiger partial charge in [0.1, 0.15) is 0 Å². The minimum atomic E-state index is -3.37. The smallest absolute Gasteiger partial charge is 0.233 e. The molecule has 2 aromatic carbocycles. The number of hydrogen-bond donors (Lipinski definition) is 0. The highest BCUT2D eigenvalue weighted by Crippen LogP contribution is 2.50. The summed E-state index contributed by atoms with van der Waals surface area (Å²) >= 11 is 3.49. The Morgan fingerprint density at radius 1 is 0.964 bits per heavy atom. The molecule has 1 saturated carbocycles. The van der Waals surface area contributed by atoms with E-state index < -0.39 is 15.4 Å². The molecule has 2 aromatic rings. The maximum Gasteiger partial charge on any atom is 0.233 e. The Bertz CT molecular complexity index is 966. The maximum atomic E-state index is 13.2. The molecule has 2 aliphatic rings. The molecule has 0 aromatic heterocycles. The average Bonchev–Trinajstić information content (AvgIpc) is 3.50. The lowest BCUT2D eigenvalue weighted by molar-refractivity contribution is -0.135. The van der Waals surface area contributed by atoms with Gasteiger partial charge in [0, 0.05) is 30.7 Å². The van der Waals surface area contributed by atoms with Crippen molar-refractivity contribution in [3.05, 3.63) is 70.2 Å². The van der Waals surface area contributed by atoms with Gasteiger partial charge in [-0.05, 0) is 36.1 Å². The summed E-state index contributed by atoms with van der Waals surface area (Å²) in [7, 11) is -3.37. The van der Waals surface area contributed by atoms with Crippen molar-refractivity contribution in [2.24, 2.45) is 0 Å². The van der Waals surface area contributed by atoms with Crippen molar-refractivity contribution in [3.63, 3.8) is 0 Å². The number of carbonyl (C=O) groups excluding carboxylic acids is 1. The third-order valence-electron chi connectivity index (χ3n) is 5.65. The second kappa shape index (κ2) is 7.61. The Balaban J connectivity index is 1.41. The van der Waals surface area contributed by atoms with Crippen LogP contribution in [-0.4, -0.2) is 49.7 Å². The van der Waals surface area contributed by atoms with Gasteiger partial charge < -0.3 is 4.90 Å². The van der Waals surface area contributed by atoms with Crippen LogP contribution < -0.4 is 0 Å². The first-order valence-electron chi connectivity index (χ1n) is 9.48. The summed E-state index contributed by atoms with van der Waals surface area (Å²) in [6.07, 6.45) is 1.71. The SMILES string of the molecule is O=C(N1CCN(S(=O)(=O)Cc2ccccc2)CC1)C1(c2cccc(Br)c2)CC1. The quantitative estimate of drug-likeness (QED) is 0.685. The number of amides is 1. The Hall–Kier alpha value is -1.70. The number of sulfonamides is 1. The highest BCUT2D eigenvalue weighted by atomic mass is 79.9. The lowest BCUT2D eigenvalue weighted by atomic mass is 9.94. The molecular weight excluding hydrogens is 440 g/mol. The van der Waals surface area contributed by atoms with Crippen molar-refractivity contribution in [1.82, 2.24) is 9.21 Å². The number of nitrogens with zero attached hydrogens (tertiary/aromatic N) is 2. The molecule has 0 N–H and O–H groups in total. The Morgan fingerprint density at radius 3 is 2.25 bits per heavy atom. The van der Waals surface area contributed by atoms with Crippen LogP contribution in [0.25, 0.3) is 0 Å². The molecule has 4 rings (SSSR count). The van der Waals surface area contributed by atoms with Gasteiger partial charge in [-0.2, -0.15) is 4.31 Å². The lowest BCUT2D eigenvalue weighted by Crippen LogP contribution is -2.53. The van der Waals surface area contributed by atoms with E-state index in [-0.39, 0.29) is 11.7 Å². The third-order valence-corrected chi connectivity index (χ3v) is 7.99. The van der Waals surface area contributed by atoms with Gasteiger partial charge >= 0.3 is 0 Å². The van der Waals surface area contributed by atoms with Gasteiger partial charge in [0.05, 0.1) is 11.2 Å². The molecule has 0 spiro atoms. The van der Waals surface area contributed by atoms with Crippen LogP contribution in [0.5, 0.6) is 0 Å². The van der Waals surface area contributed by atoms with Crippen LogP contribution in [-0.2, 0) is 26.0 Å². The van der Waals surface area contributed by atoms with Gasteiger partial charge in [-0.1, -0.05) is 58.4 Å². The van der Waals surface area contributed by atoms with Crippen molar-refractivity contribution in [2.75, 3.05) is 26.2 Å². The number of piperazine rings is 1. The summed E-state index contributed by atoms with van der Waals surface area (Å²) in [5, 5.41) is 0. The molecule has 7 heteroatoms. The first-order valence-corrected chi connectivity index (χ1v) is 11.9. The van der Waals surface area contributed by atoms with E-state index in [2.05, 4.69) is 15.9 Å².